The quantitative estimate of drug-likeness (QED) is 0.330. The van der Waals surface area contributed by atoms with Gasteiger partial charge in [0, 0.05) is 5.02 Å². The molecule has 7 nitrogen and oxygen atoms in total. The van der Waals surface area contributed by atoms with Crippen LogP contribution in [-0.2, 0) is 14.8 Å². The summed E-state index contributed by atoms with van der Waals surface area (Å²) in [5, 5.41) is 5.02. The van der Waals surface area contributed by atoms with Crippen LogP contribution in [0, 0.1) is 0 Å². The number of ether oxygens (including phenoxy) is 1. The number of halogens is 3. The van der Waals surface area contributed by atoms with Crippen LogP contribution in [0.5, 0.6) is 5.75 Å². The lowest BCUT2D eigenvalue weighted by atomic mass is 10.2. The fraction of sp³-hybridized carbons (Fsp3) is 0.0909. The number of amides is 1. The van der Waals surface area contributed by atoms with Crippen molar-refractivity contribution in [2.24, 2.45) is 5.10 Å². The molecule has 3 aromatic rings. The lowest BCUT2D eigenvalue weighted by Crippen LogP contribution is -2.39. The number of methoxy groups -OCH3 is 1. The van der Waals surface area contributed by atoms with Crippen LogP contribution in [0.2, 0.25) is 15.1 Å². The van der Waals surface area contributed by atoms with Crippen molar-refractivity contribution in [2.75, 3.05) is 18.0 Å². The molecule has 0 aromatic heterocycles. The highest BCUT2D eigenvalue weighted by atomic mass is 35.5. The van der Waals surface area contributed by atoms with Crippen LogP contribution in [0.4, 0.5) is 5.69 Å². The van der Waals surface area contributed by atoms with Gasteiger partial charge in [0.05, 0.1) is 34.0 Å². The van der Waals surface area contributed by atoms with Gasteiger partial charge in [0.25, 0.3) is 15.9 Å². The highest BCUT2D eigenvalue weighted by molar-refractivity contribution is 7.92. The number of carbonyl (C=O) groups is 1. The van der Waals surface area contributed by atoms with Gasteiger partial charge in [0.15, 0.2) is 0 Å². The van der Waals surface area contributed by atoms with E-state index in [0.717, 1.165) is 4.31 Å². The van der Waals surface area contributed by atoms with Crippen molar-refractivity contribution < 1.29 is 17.9 Å². The first-order chi connectivity index (χ1) is 15.7. The highest BCUT2D eigenvalue weighted by Crippen LogP contribution is 2.26. The molecule has 172 valence electrons. The molecule has 0 fully saturated rings. The summed E-state index contributed by atoms with van der Waals surface area (Å²) in [5.74, 6) is -0.153. The second-order valence-corrected chi connectivity index (χ2v) is 9.74. The zero-order valence-corrected chi connectivity index (χ0v) is 20.3. The van der Waals surface area contributed by atoms with E-state index in [1.165, 1.54) is 61.9 Å². The maximum atomic E-state index is 13.3. The molecule has 0 unspecified atom stereocenters. The van der Waals surface area contributed by atoms with E-state index in [2.05, 4.69) is 10.5 Å². The van der Waals surface area contributed by atoms with Crippen LogP contribution in [0.3, 0.4) is 0 Å². The Bertz CT molecular complexity index is 1270. The molecular formula is C22H18Cl3N3O4S. The van der Waals surface area contributed by atoms with Crippen LogP contribution >= 0.6 is 34.8 Å². The van der Waals surface area contributed by atoms with Crippen molar-refractivity contribution >= 4 is 62.6 Å². The van der Waals surface area contributed by atoms with Crippen molar-refractivity contribution in [3.63, 3.8) is 0 Å². The Kier molecular flexibility index (Phi) is 8.20. The molecule has 0 aliphatic rings. The van der Waals surface area contributed by atoms with Gasteiger partial charge < -0.3 is 4.74 Å². The molecule has 1 amide bonds. The third kappa shape index (κ3) is 6.39. The lowest BCUT2D eigenvalue weighted by Gasteiger charge is -2.23. The first-order valence-corrected chi connectivity index (χ1v) is 12.0. The molecule has 0 spiro atoms. The Morgan fingerprint density at radius 2 is 1.67 bits per heavy atom. The predicted octanol–water partition coefficient (Wildman–Crippen LogP) is 5.00. The third-order valence-electron chi connectivity index (χ3n) is 4.40. The van der Waals surface area contributed by atoms with Crippen molar-refractivity contribution in [1.82, 2.24) is 5.43 Å². The molecule has 3 aromatic carbocycles. The molecule has 0 heterocycles. The molecule has 0 aliphatic heterocycles. The van der Waals surface area contributed by atoms with Gasteiger partial charge in [0.1, 0.15) is 12.3 Å². The van der Waals surface area contributed by atoms with Gasteiger partial charge >= 0.3 is 0 Å². The fourth-order valence-corrected chi connectivity index (χ4v) is 4.59. The van der Waals surface area contributed by atoms with E-state index in [1.54, 1.807) is 18.2 Å². The van der Waals surface area contributed by atoms with Crippen LogP contribution < -0.4 is 14.5 Å². The Morgan fingerprint density at radius 3 is 2.27 bits per heavy atom. The number of hydrogen-bond acceptors (Lipinski definition) is 5. The summed E-state index contributed by atoms with van der Waals surface area (Å²) in [6, 6.07) is 16.8. The molecule has 0 aliphatic carbocycles. The SMILES string of the molecule is COc1ccc(S(=O)(=O)N(CC(=O)N/N=C\c2ccc(Cl)c(Cl)c2)c2ccc(Cl)cc2)cc1. The third-order valence-corrected chi connectivity index (χ3v) is 7.17. The van der Waals surface area contributed by atoms with Crippen LogP contribution in [0.15, 0.2) is 76.7 Å². The summed E-state index contributed by atoms with van der Waals surface area (Å²) in [5.41, 5.74) is 3.19. The second kappa shape index (κ2) is 10.9. The zero-order chi connectivity index (χ0) is 24.0. The predicted molar refractivity (Wildman–Crippen MR) is 131 cm³/mol. The van der Waals surface area contributed by atoms with Gasteiger partial charge in [-0.25, -0.2) is 13.8 Å². The average Bonchev–Trinajstić information content (AvgIpc) is 2.80. The standard InChI is InChI=1S/C22H18Cl3N3O4S/c1-32-18-7-9-19(10-8-18)33(30,31)28(17-5-3-16(23)4-6-17)14-22(29)27-26-13-15-2-11-20(24)21(25)12-15/h2-13H,14H2,1H3,(H,27,29)/b26-13-. The van der Waals surface area contributed by atoms with Gasteiger partial charge in [-0.3, -0.25) is 9.10 Å². The molecular weight excluding hydrogens is 509 g/mol. The number of nitrogens with zero attached hydrogens (tertiary/aromatic N) is 2. The number of benzene rings is 3. The molecule has 1 N–H and O–H groups in total. The zero-order valence-electron chi connectivity index (χ0n) is 17.2. The first kappa shape index (κ1) is 24.9. The Morgan fingerprint density at radius 1 is 1.00 bits per heavy atom. The minimum Gasteiger partial charge on any atom is -0.497 e. The molecule has 0 bridgehead atoms. The number of carbonyl (C=O) groups excluding carboxylic acids is 1. The summed E-state index contributed by atoms with van der Waals surface area (Å²) in [4.78, 5) is 12.6. The first-order valence-electron chi connectivity index (χ1n) is 9.40. The summed E-state index contributed by atoms with van der Waals surface area (Å²) in [6.45, 7) is -0.519. The van der Waals surface area contributed by atoms with Crippen molar-refractivity contribution in [3.05, 3.63) is 87.4 Å². The van der Waals surface area contributed by atoms with Crippen LogP contribution in [-0.4, -0.2) is 34.2 Å². The maximum Gasteiger partial charge on any atom is 0.264 e. The van der Waals surface area contributed by atoms with Crippen molar-refractivity contribution in [1.29, 1.82) is 0 Å². The number of hydrogen-bond donors (Lipinski definition) is 1. The Balaban J connectivity index is 1.83. The molecule has 33 heavy (non-hydrogen) atoms. The van der Waals surface area contributed by atoms with Gasteiger partial charge in [-0.1, -0.05) is 40.9 Å². The van der Waals surface area contributed by atoms with E-state index in [-0.39, 0.29) is 10.6 Å². The molecule has 0 radical (unpaired) electrons. The minimum atomic E-state index is -4.08. The molecule has 11 heteroatoms. The van der Waals surface area contributed by atoms with Crippen molar-refractivity contribution in [3.8, 4) is 5.75 Å². The van der Waals surface area contributed by atoms with E-state index in [0.29, 0.717) is 26.4 Å². The van der Waals surface area contributed by atoms with E-state index in [9.17, 15) is 13.2 Å². The molecule has 0 atom stereocenters. The summed E-state index contributed by atoms with van der Waals surface area (Å²) in [6.07, 6.45) is 1.37. The largest absolute Gasteiger partial charge is 0.497 e. The van der Waals surface area contributed by atoms with E-state index >= 15 is 0 Å². The molecule has 3 rings (SSSR count). The van der Waals surface area contributed by atoms with Gasteiger partial charge in [-0.2, -0.15) is 5.10 Å². The smallest absolute Gasteiger partial charge is 0.264 e. The maximum absolute atomic E-state index is 13.3. The van der Waals surface area contributed by atoms with Gasteiger partial charge in [0.2, 0.25) is 0 Å². The normalized spacial score (nSPS) is 11.4. The number of sulfonamides is 1. The Hall–Kier alpha value is -2.78. The number of hydrazone groups is 1. The minimum absolute atomic E-state index is 0.00893. The van der Waals surface area contributed by atoms with Crippen molar-refractivity contribution in [2.45, 2.75) is 4.90 Å². The Labute approximate surface area is 206 Å². The van der Waals surface area contributed by atoms with E-state index in [1.807, 2.05) is 0 Å². The lowest BCUT2D eigenvalue weighted by molar-refractivity contribution is -0.119. The van der Waals surface area contributed by atoms with Crippen LogP contribution in [0.1, 0.15) is 5.56 Å². The summed E-state index contributed by atoms with van der Waals surface area (Å²) >= 11 is 17.8. The average molecular weight is 527 g/mol. The monoisotopic (exact) mass is 525 g/mol. The molecule has 0 saturated carbocycles. The molecule has 0 saturated heterocycles. The van der Waals surface area contributed by atoms with Crippen LogP contribution in [0.25, 0.3) is 0 Å². The summed E-state index contributed by atoms with van der Waals surface area (Å²) < 4.78 is 32.7. The summed E-state index contributed by atoms with van der Waals surface area (Å²) in [7, 11) is -2.61. The topological polar surface area (TPSA) is 88.1 Å². The number of rotatable bonds is 8. The fourth-order valence-electron chi connectivity index (χ4n) is 2.73. The van der Waals surface area contributed by atoms with Gasteiger partial charge in [-0.05, 0) is 66.2 Å². The number of anilines is 1. The second-order valence-electron chi connectivity index (χ2n) is 6.63. The van der Waals surface area contributed by atoms with E-state index in [4.69, 9.17) is 39.5 Å². The van der Waals surface area contributed by atoms with E-state index < -0.39 is 22.5 Å². The number of nitrogens with one attached hydrogen (secondary N) is 1. The highest BCUT2D eigenvalue weighted by Gasteiger charge is 2.27. The van der Waals surface area contributed by atoms with Gasteiger partial charge in [-0.15, -0.1) is 0 Å².